The number of carbonyl (C=O) groups is 1. The van der Waals surface area contributed by atoms with Crippen molar-refractivity contribution in [2.24, 2.45) is 17.8 Å². The smallest absolute Gasteiger partial charge is 0.296 e. The molecule has 2 aromatic heterocycles. The SMILES string of the molecule is O=C(Nc1nnc(C23CC4CC(CC(C4)C2)C3)s1)c1ccc([N+](=O)[O-])s1. The Kier molecular flexibility index (Phi) is 3.65. The first-order valence-corrected chi connectivity index (χ1v) is 10.5. The third kappa shape index (κ3) is 2.64. The van der Waals surface area contributed by atoms with Crippen LogP contribution in [-0.2, 0) is 5.41 Å². The minimum Gasteiger partial charge on any atom is -0.296 e. The van der Waals surface area contributed by atoms with Gasteiger partial charge in [-0.05, 0) is 62.3 Å². The Morgan fingerprint density at radius 3 is 2.35 bits per heavy atom. The Morgan fingerprint density at radius 2 is 1.77 bits per heavy atom. The van der Waals surface area contributed by atoms with Crippen LogP contribution < -0.4 is 5.32 Å². The summed E-state index contributed by atoms with van der Waals surface area (Å²) < 4.78 is 0. The monoisotopic (exact) mass is 390 g/mol. The summed E-state index contributed by atoms with van der Waals surface area (Å²) in [4.78, 5) is 22.9. The van der Waals surface area contributed by atoms with Crippen LogP contribution in [0.2, 0.25) is 0 Å². The standard InChI is InChI=1S/C17H18N4O3S2/c22-14(12-1-2-13(25-12)21(23)24)18-16-20-19-15(26-16)17-6-9-3-10(7-17)5-11(4-9)8-17/h1-2,9-11H,3-8H2,(H,18,20,22). The number of carbonyl (C=O) groups excluding carboxylic acids is 1. The van der Waals surface area contributed by atoms with Gasteiger partial charge in [0, 0.05) is 11.5 Å². The fourth-order valence-electron chi connectivity index (χ4n) is 5.57. The van der Waals surface area contributed by atoms with E-state index in [0.29, 0.717) is 10.0 Å². The van der Waals surface area contributed by atoms with Crippen molar-refractivity contribution in [1.82, 2.24) is 10.2 Å². The lowest BCUT2D eigenvalue weighted by molar-refractivity contribution is -0.380. The van der Waals surface area contributed by atoms with E-state index < -0.39 is 4.92 Å². The van der Waals surface area contributed by atoms with E-state index in [1.807, 2.05) is 0 Å². The maximum atomic E-state index is 12.3. The van der Waals surface area contributed by atoms with Crippen molar-refractivity contribution < 1.29 is 9.72 Å². The summed E-state index contributed by atoms with van der Waals surface area (Å²) in [5.41, 5.74) is 0.164. The minimum absolute atomic E-state index is 0.0401. The summed E-state index contributed by atoms with van der Waals surface area (Å²) in [5.74, 6) is 2.12. The highest BCUT2D eigenvalue weighted by atomic mass is 32.1. The molecular formula is C17H18N4O3S2. The van der Waals surface area contributed by atoms with Crippen LogP contribution in [0.25, 0.3) is 0 Å². The van der Waals surface area contributed by atoms with E-state index in [-0.39, 0.29) is 16.3 Å². The van der Waals surface area contributed by atoms with Gasteiger partial charge in [0.25, 0.3) is 5.91 Å². The molecule has 26 heavy (non-hydrogen) atoms. The highest BCUT2D eigenvalue weighted by Gasteiger charge is 2.53. The maximum Gasteiger partial charge on any atom is 0.324 e. The van der Waals surface area contributed by atoms with Gasteiger partial charge in [0.15, 0.2) is 0 Å². The first-order valence-electron chi connectivity index (χ1n) is 8.90. The van der Waals surface area contributed by atoms with Gasteiger partial charge in [-0.1, -0.05) is 22.7 Å². The molecule has 2 aromatic rings. The predicted molar refractivity (Wildman–Crippen MR) is 98.7 cm³/mol. The highest BCUT2D eigenvalue weighted by Crippen LogP contribution is 2.61. The van der Waals surface area contributed by atoms with Crippen molar-refractivity contribution in [2.75, 3.05) is 5.32 Å². The lowest BCUT2D eigenvalue weighted by Gasteiger charge is -2.55. The minimum atomic E-state index is -0.489. The zero-order valence-corrected chi connectivity index (χ0v) is 15.6. The Hall–Kier alpha value is -1.87. The number of thiophene rings is 1. The van der Waals surface area contributed by atoms with Crippen LogP contribution in [0.5, 0.6) is 0 Å². The molecule has 6 rings (SSSR count). The number of nitrogens with zero attached hydrogens (tertiary/aromatic N) is 3. The van der Waals surface area contributed by atoms with Gasteiger partial charge in [0.1, 0.15) is 5.01 Å². The highest BCUT2D eigenvalue weighted by molar-refractivity contribution is 7.17. The fraction of sp³-hybridized carbons (Fsp3) is 0.588. The second-order valence-corrected chi connectivity index (χ2v) is 10.00. The molecular weight excluding hydrogens is 372 g/mol. The van der Waals surface area contributed by atoms with Crippen LogP contribution in [0, 0.1) is 27.9 Å². The molecule has 1 N–H and O–H groups in total. The van der Waals surface area contributed by atoms with Crippen LogP contribution in [0.4, 0.5) is 10.1 Å². The average Bonchev–Trinajstić information content (AvgIpc) is 3.23. The summed E-state index contributed by atoms with van der Waals surface area (Å²) in [6.45, 7) is 0. The van der Waals surface area contributed by atoms with Crippen molar-refractivity contribution in [3.8, 4) is 0 Å². The molecule has 0 atom stereocenters. The van der Waals surface area contributed by atoms with E-state index in [4.69, 9.17) is 0 Å². The molecule has 0 aromatic carbocycles. The Morgan fingerprint density at radius 1 is 1.12 bits per heavy atom. The van der Waals surface area contributed by atoms with Gasteiger partial charge < -0.3 is 0 Å². The van der Waals surface area contributed by atoms with Crippen molar-refractivity contribution in [3.63, 3.8) is 0 Å². The Balaban J connectivity index is 1.34. The third-order valence-electron chi connectivity index (χ3n) is 6.13. The molecule has 2 heterocycles. The van der Waals surface area contributed by atoms with Gasteiger partial charge in [0.2, 0.25) is 5.13 Å². The van der Waals surface area contributed by atoms with Crippen molar-refractivity contribution >= 4 is 38.7 Å². The molecule has 0 aliphatic heterocycles. The molecule has 136 valence electrons. The van der Waals surface area contributed by atoms with Crippen LogP contribution in [-0.4, -0.2) is 21.0 Å². The molecule has 9 heteroatoms. The zero-order valence-electron chi connectivity index (χ0n) is 14.0. The van der Waals surface area contributed by atoms with Crippen molar-refractivity contribution in [1.29, 1.82) is 0 Å². The number of nitrogens with one attached hydrogen (secondary N) is 1. The van der Waals surface area contributed by atoms with Crippen molar-refractivity contribution in [2.45, 2.75) is 43.9 Å². The van der Waals surface area contributed by atoms with Gasteiger partial charge in [-0.2, -0.15) is 0 Å². The van der Waals surface area contributed by atoms with Crippen LogP contribution in [0.1, 0.15) is 53.2 Å². The molecule has 0 saturated heterocycles. The molecule has 7 nitrogen and oxygen atoms in total. The maximum absolute atomic E-state index is 12.3. The number of anilines is 1. The molecule has 0 radical (unpaired) electrons. The lowest BCUT2D eigenvalue weighted by atomic mass is 9.50. The van der Waals surface area contributed by atoms with Gasteiger partial charge in [0.05, 0.1) is 9.80 Å². The molecule has 4 bridgehead atoms. The molecule has 0 spiro atoms. The summed E-state index contributed by atoms with van der Waals surface area (Å²) >= 11 is 2.34. The van der Waals surface area contributed by atoms with Gasteiger partial charge in [-0.15, -0.1) is 10.2 Å². The first kappa shape index (κ1) is 16.3. The summed E-state index contributed by atoms with van der Waals surface area (Å²) in [6.07, 6.45) is 7.74. The second kappa shape index (κ2) is 5.82. The summed E-state index contributed by atoms with van der Waals surface area (Å²) in [5, 5.41) is 23.7. The van der Waals surface area contributed by atoms with Gasteiger partial charge in [-0.3, -0.25) is 20.2 Å². The summed E-state index contributed by atoms with van der Waals surface area (Å²) in [6, 6.07) is 2.82. The van der Waals surface area contributed by atoms with Crippen LogP contribution in [0.15, 0.2) is 12.1 Å². The molecule has 1 amide bonds. The number of nitro groups is 1. The molecule has 4 aliphatic rings. The molecule has 0 unspecified atom stereocenters. The Bertz CT molecular complexity index is 855. The quantitative estimate of drug-likeness (QED) is 0.622. The normalized spacial score (nSPS) is 31.9. The van der Waals surface area contributed by atoms with E-state index in [1.165, 1.54) is 62.0 Å². The van der Waals surface area contributed by atoms with Gasteiger partial charge >= 0.3 is 5.00 Å². The topological polar surface area (TPSA) is 98.0 Å². The van der Waals surface area contributed by atoms with E-state index in [0.717, 1.165) is 34.1 Å². The number of hydrogen-bond donors (Lipinski definition) is 1. The number of hydrogen-bond acceptors (Lipinski definition) is 7. The lowest BCUT2D eigenvalue weighted by Crippen LogP contribution is -2.48. The number of amides is 1. The van der Waals surface area contributed by atoms with E-state index in [1.54, 1.807) is 0 Å². The van der Waals surface area contributed by atoms with Crippen LogP contribution >= 0.6 is 22.7 Å². The molecule has 4 saturated carbocycles. The fourth-order valence-corrected chi connectivity index (χ4v) is 7.24. The molecule has 4 fully saturated rings. The number of rotatable bonds is 4. The zero-order chi connectivity index (χ0) is 17.9. The molecule has 4 aliphatic carbocycles. The van der Waals surface area contributed by atoms with E-state index in [2.05, 4.69) is 15.5 Å². The van der Waals surface area contributed by atoms with E-state index >= 15 is 0 Å². The Labute approximate surface area is 158 Å². The number of aromatic nitrogens is 2. The largest absolute Gasteiger partial charge is 0.324 e. The second-order valence-electron chi connectivity index (χ2n) is 7.96. The summed E-state index contributed by atoms with van der Waals surface area (Å²) in [7, 11) is 0. The van der Waals surface area contributed by atoms with Crippen LogP contribution in [0.3, 0.4) is 0 Å². The first-order chi connectivity index (χ1) is 12.5. The third-order valence-corrected chi connectivity index (χ3v) is 8.25. The predicted octanol–water partition coefficient (Wildman–Crippen LogP) is 4.23. The van der Waals surface area contributed by atoms with Crippen molar-refractivity contribution in [3.05, 3.63) is 32.1 Å². The van der Waals surface area contributed by atoms with E-state index in [9.17, 15) is 14.9 Å². The average molecular weight is 390 g/mol. The van der Waals surface area contributed by atoms with Gasteiger partial charge in [-0.25, -0.2) is 0 Å².